The fourth-order valence-electron chi connectivity index (χ4n) is 3.50. The fraction of sp³-hybridized carbons (Fsp3) is 0.857. The highest BCUT2D eigenvalue weighted by molar-refractivity contribution is 6.07. The van der Waals surface area contributed by atoms with E-state index in [1.165, 1.54) is 4.90 Å². The topological polar surface area (TPSA) is 75.4 Å². The predicted octanol–water partition coefficient (Wildman–Crippen LogP) is 1.33. The van der Waals surface area contributed by atoms with Crippen molar-refractivity contribution in [1.82, 2.24) is 10.2 Å². The van der Waals surface area contributed by atoms with Gasteiger partial charge in [-0.2, -0.15) is 0 Å². The van der Waals surface area contributed by atoms with Gasteiger partial charge in [-0.3, -0.25) is 9.69 Å². The molecule has 2 rings (SSSR count). The minimum absolute atomic E-state index is 0.0440. The number of carbonyl (C=O) groups is 2. The quantitative estimate of drug-likeness (QED) is 0.757. The van der Waals surface area contributed by atoms with E-state index >= 15 is 0 Å². The van der Waals surface area contributed by atoms with Crippen molar-refractivity contribution < 1.29 is 9.59 Å². The van der Waals surface area contributed by atoms with Crippen molar-refractivity contribution in [1.29, 1.82) is 0 Å². The first-order chi connectivity index (χ1) is 8.93. The van der Waals surface area contributed by atoms with Gasteiger partial charge < -0.3 is 11.1 Å². The maximum Gasteiger partial charge on any atom is 0.325 e. The van der Waals surface area contributed by atoms with E-state index in [1.54, 1.807) is 0 Å². The van der Waals surface area contributed by atoms with Gasteiger partial charge in [-0.25, -0.2) is 4.79 Å². The summed E-state index contributed by atoms with van der Waals surface area (Å²) in [5, 5.41) is 2.99. The maximum absolute atomic E-state index is 12.8. The summed E-state index contributed by atoms with van der Waals surface area (Å²) in [5.74, 6) is 0.494. The minimum Gasteiger partial charge on any atom is -0.330 e. The Labute approximate surface area is 114 Å². The molecule has 1 aliphatic carbocycles. The molecule has 3 N–H and O–H groups in total. The minimum atomic E-state index is -0.677. The van der Waals surface area contributed by atoms with Crippen LogP contribution in [0.2, 0.25) is 0 Å². The number of rotatable bonds is 3. The lowest BCUT2D eigenvalue weighted by Crippen LogP contribution is -2.59. The number of hydrogen-bond acceptors (Lipinski definition) is 3. The molecule has 3 unspecified atom stereocenters. The van der Waals surface area contributed by atoms with E-state index in [9.17, 15) is 9.59 Å². The number of urea groups is 1. The van der Waals surface area contributed by atoms with E-state index in [4.69, 9.17) is 5.73 Å². The smallest absolute Gasteiger partial charge is 0.325 e. The molecule has 5 heteroatoms. The first kappa shape index (κ1) is 14.3. The third-order valence-electron chi connectivity index (χ3n) is 4.88. The van der Waals surface area contributed by atoms with E-state index < -0.39 is 5.54 Å². The molecule has 0 aromatic heterocycles. The molecular weight excluding hydrogens is 242 g/mol. The van der Waals surface area contributed by atoms with Gasteiger partial charge >= 0.3 is 6.03 Å². The second-order valence-electron chi connectivity index (χ2n) is 6.29. The van der Waals surface area contributed by atoms with Crippen LogP contribution in [0.5, 0.6) is 0 Å². The average Bonchev–Trinajstić information content (AvgIpc) is 2.62. The van der Waals surface area contributed by atoms with Crippen molar-refractivity contribution in [3.8, 4) is 0 Å². The Morgan fingerprint density at radius 3 is 2.47 bits per heavy atom. The Balaban J connectivity index is 2.25. The van der Waals surface area contributed by atoms with E-state index in [0.717, 1.165) is 19.3 Å². The number of nitrogens with one attached hydrogen (secondary N) is 1. The highest BCUT2D eigenvalue weighted by Gasteiger charge is 2.58. The molecule has 3 amide bonds. The van der Waals surface area contributed by atoms with Crippen LogP contribution in [0.4, 0.5) is 4.79 Å². The molecule has 1 heterocycles. The van der Waals surface area contributed by atoms with Crippen LogP contribution in [-0.4, -0.2) is 35.5 Å². The molecule has 2 aliphatic rings. The highest BCUT2D eigenvalue weighted by atomic mass is 16.2. The van der Waals surface area contributed by atoms with Crippen molar-refractivity contribution in [2.24, 2.45) is 23.5 Å². The zero-order chi connectivity index (χ0) is 14.2. The Kier molecular flexibility index (Phi) is 3.85. The summed E-state index contributed by atoms with van der Waals surface area (Å²) >= 11 is 0. The van der Waals surface area contributed by atoms with Crippen molar-refractivity contribution >= 4 is 11.9 Å². The van der Waals surface area contributed by atoms with Crippen LogP contribution < -0.4 is 11.1 Å². The lowest BCUT2D eigenvalue weighted by Gasteiger charge is -2.42. The summed E-state index contributed by atoms with van der Waals surface area (Å²) in [6.45, 7) is 7.00. The molecule has 1 spiro atoms. The molecule has 108 valence electrons. The molecule has 2 fully saturated rings. The SMILES string of the molecule is CC(CN)CN1C(=O)NC2(C1=O)C(C)CCCC2C. The maximum atomic E-state index is 12.8. The van der Waals surface area contributed by atoms with Crippen LogP contribution in [-0.2, 0) is 4.79 Å². The second-order valence-corrected chi connectivity index (χ2v) is 6.29. The van der Waals surface area contributed by atoms with Crippen LogP contribution in [0.3, 0.4) is 0 Å². The van der Waals surface area contributed by atoms with Crippen LogP contribution in [0.1, 0.15) is 40.0 Å². The molecule has 0 aromatic carbocycles. The van der Waals surface area contributed by atoms with Crippen molar-refractivity contribution in [2.45, 2.75) is 45.6 Å². The number of nitrogens with two attached hydrogens (primary N) is 1. The van der Waals surface area contributed by atoms with Gasteiger partial charge in [-0.05, 0) is 37.1 Å². The molecular formula is C14H25N3O2. The summed E-state index contributed by atoms with van der Waals surface area (Å²) in [7, 11) is 0. The number of hydrogen-bond donors (Lipinski definition) is 2. The number of amides is 3. The number of carbonyl (C=O) groups excluding carboxylic acids is 2. The van der Waals surface area contributed by atoms with Crippen LogP contribution in [0.25, 0.3) is 0 Å². The largest absolute Gasteiger partial charge is 0.330 e. The summed E-state index contributed by atoms with van der Waals surface area (Å²) in [4.78, 5) is 26.3. The lowest BCUT2D eigenvalue weighted by atomic mass is 9.67. The summed E-state index contributed by atoms with van der Waals surface area (Å²) in [6.07, 6.45) is 3.12. The number of nitrogens with zero attached hydrogens (tertiary/aromatic N) is 1. The first-order valence-corrected chi connectivity index (χ1v) is 7.27. The second kappa shape index (κ2) is 5.12. The van der Waals surface area contributed by atoms with Gasteiger partial charge in [0, 0.05) is 6.54 Å². The molecule has 19 heavy (non-hydrogen) atoms. The van der Waals surface area contributed by atoms with Crippen molar-refractivity contribution in [3.05, 3.63) is 0 Å². The molecule has 1 aliphatic heterocycles. The first-order valence-electron chi connectivity index (χ1n) is 7.27. The molecule has 0 radical (unpaired) electrons. The van der Waals surface area contributed by atoms with Gasteiger partial charge in [-0.1, -0.05) is 27.2 Å². The van der Waals surface area contributed by atoms with E-state index in [0.29, 0.717) is 13.1 Å². The highest BCUT2D eigenvalue weighted by Crippen LogP contribution is 2.42. The van der Waals surface area contributed by atoms with Gasteiger partial charge in [-0.15, -0.1) is 0 Å². The van der Waals surface area contributed by atoms with Gasteiger partial charge in [0.05, 0.1) is 0 Å². The van der Waals surface area contributed by atoms with Crippen LogP contribution in [0, 0.1) is 17.8 Å². The molecule has 5 nitrogen and oxygen atoms in total. The fourth-order valence-corrected chi connectivity index (χ4v) is 3.50. The molecule has 3 atom stereocenters. The number of imide groups is 1. The van der Waals surface area contributed by atoms with Gasteiger partial charge in [0.25, 0.3) is 5.91 Å². The van der Waals surface area contributed by atoms with Gasteiger partial charge in [0.2, 0.25) is 0 Å². The third kappa shape index (κ3) is 2.14. The van der Waals surface area contributed by atoms with E-state index in [-0.39, 0.29) is 29.7 Å². The Morgan fingerprint density at radius 2 is 1.95 bits per heavy atom. The van der Waals surface area contributed by atoms with E-state index in [2.05, 4.69) is 19.2 Å². The molecule has 1 saturated heterocycles. The van der Waals surface area contributed by atoms with Crippen molar-refractivity contribution in [3.63, 3.8) is 0 Å². The summed E-state index contributed by atoms with van der Waals surface area (Å²) < 4.78 is 0. The molecule has 0 bridgehead atoms. The van der Waals surface area contributed by atoms with Crippen LogP contribution in [0.15, 0.2) is 0 Å². The standard InChI is InChI=1S/C14H25N3O2/c1-9(7-15)8-17-12(18)14(16-13(17)19)10(2)5-4-6-11(14)3/h9-11H,4-8,15H2,1-3H3,(H,16,19). The Morgan fingerprint density at radius 1 is 1.37 bits per heavy atom. The van der Waals surface area contributed by atoms with Gasteiger partial charge in [0.15, 0.2) is 0 Å². The predicted molar refractivity (Wildman–Crippen MR) is 73.4 cm³/mol. The zero-order valence-electron chi connectivity index (χ0n) is 12.1. The summed E-state index contributed by atoms with van der Waals surface area (Å²) in [5.41, 5.74) is 4.92. The van der Waals surface area contributed by atoms with Gasteiger partial charge in [0.1, 0.15) is 5.54 Å². The third-order valence-corrected chi connectivity index (χ3v) is 4.88. The Hall–Kier alpha value is -1.10. The normalized spacial score (nSPS) is 36.7. The van der Waals surface area contributed by atoms with Crippen molar-refractivity contribution in [2.75, 3.05) is 13.1 Å². The van der Waals surface area contributed by atoms with Crippen LogP contribution >= 0.6 is 0 Å². The molecule has 0 aromatic rings. The Bertz CT molecular complexity index is 373. The lowest BCUT2D eigenvalue weighted by molar-refractivity contribution is -0.136. The average molecular weight is 267 g/mol. The monoisotopic (exact) mass is 267 g/mol. The molecule has 1 saturated carbocycles. The summed E-state index contributed by atoms with van der Waals surface area (Å²) in [6, 6.07) is -0.245. The van der Waals surface area contributed by atoms with E-state index in [1.807, 2.05) is 6.92 Å². The zero-order valence-corrected chi connectivity index (χ0v) is 12.1.